The van der Waals surface area contributed by atoms with E-state index in [1.807, 2.05) is 0 Å². The second-order valence-electron chi connectivity index (χ2n) is 4.51. The number of amides is 1. The number of ether oxygens (including phenoxy) is 1. The van der Waals surface area contributed by atoms with Crippen molar-refractivity contribution < 1.29 is 9.53 Å². The van der Waals surface area contributed by atoms with Gasteiger partial charge in [0.2, 0.25) is 5.91 Å². The molecular formula is C13H16Cl2N4O2. The maximum absolute atomic E-state index is 12.0. The predicted octanol–water partition coefficient (Wildman–Crippen LogP) is 2.15. The van der Waals surface area contributed by atoms with E-state index in [1.54, 1.807) is 24.7 Å². The molecule has 8 heteroatoms. The fraction of sp³-hybridized carbons (Fsp3) is 0.462. The third-order valence-corrected chi connectivity index (χ3v) is 3.27. The van der Waals surface area contributed by atoms with Gasteiger partial charge in [-0.3, -0.25) is 4.79 Å². The van der Waals surface area contributed by atoms with E-state index in [4.69, 9.17) is 27.9 Å². The molecule has 0 aliphatic heterocycles. The zero-order valence-corrected chi connectivity index (χ0v) is 13.3. The van der Waals surface area contributed by atoms with E-state index in [0.717, 1.165) is 0 Å². The minimum atomic E-state index is -0.343. The number of nitrogens with zero attached hydrogens (tertiary/aromatic N) is 3. The van der Waals surface area contributed by atoms with Gasteiger partial charge in [0.05, 0.1) is 17.0 Å². The Kier molecular flexibility index (Phi) is 5.39. The lowest BCUT2D eigenvalue weighted by atomic mass is 10.4. The summed E-state index contributed by atoms with van der Waals surface area (Å²) in [6.45, 7) is 2.81. The molecule has 0 aliphatic carbocycles. The van der Waals surface area contributed by atoms with Gasteiger partial charge in [-0.05, 0) is 13.0 Å². The van der Waals surface area contributed by atoms with Crippen LogP contribution in [0.4, 0.5) is 0 Å². The first-order valence-electron chi connectivity index (χ1n) is 6.44. The number of alkyl halides is 1. The summed E-state index contributed by atoms with van der Waals surface area (Å²) < 4.78 is 6.59. The highest BCUT2D eigenvalue weighted by atomic mass is 35.5. The van der Waals surface area contributed by atoms with Crippen molar-refractivity contribution in [1.82, 2.24) is 19.9 Å². The number of fused-ring (bicyclic) bond motifs is 1. The van der Waals surface area contributed by atoms with Gasteiger partial charge in [0, 0.05) is 19.9 Å². The zero-order chi connectivity index (χ0) is 15.4. The van der Waals surface area contributed by atoms with Crippen LogP contribution in [0.15, 0.2) is 12.3 Å². The molecule has 0 aliphatic rings. The lowest BCUT2D eigenvalue weighted by Gasteiger charge is -2.10. The first-order valence-corrected chi connectivity index (χ1v) is 7.25. The van der Waals surface area contributed by atoms with E-state index in [9.17, 15) is 4.79 Å². The Labute approximate surface area is 132 Å². The highest BCUT2D eigenvalue weighted by molar-refractivity contribution is 6.31. The van der Waals surface area contributed by atoms with Crippen molar-refractivity contribution in [2.45, 2.75) is 18.8 Å². The molecule has 2 aromatic heterocycles. The molecule has 21 heavy (non-hydrogen) atoms. The second kappa shape index (κ2) is 7.06. The van der Waals surface area contributed by atoms with Gasteiger partial charge in [0.25, 0.3) is 0 Å². The molecule has 0 saturated carbocycles. The summed E-state index contributed by atoms with van der Waals surface area (Å²) in [6, 6.07) is 1.70. The Hall–Kier alpha value is -1.37. The van der Waals surface area contributed by atoms with Gasteiger partial charge in [-0.2, -0.15) is 0 Å². The van der Waals surface area contributed by atoms with Crippen LogP contribution >= 0.6 is 23.2 Å². The first kappa shape index (κ1) is 16.0. The average Bonchev–Trinajstić information content (AvgIpc) is 2.77. The molecule has 0 spiro atoms. The predicted molar refractivity (Wildman–Crippen MR) is 81.7 cm³/mol. The number of pyridine rings is 1. The van der Waals surface area contributed by atoms with Gasteiger partial charge in [0.1, 0.15) is 17.9 Å². The molecule has 0 radical (unpaired) electrons. The standard InChI is InChI=1S/C13H16Cl2N4O2/c1-8(14)12-18-10-5-9(15)6-17-13(10)19(12)7-11(20)16-3-4-21-2/h5-6,8H,3-4,7H2,1-2H3,(H,16,20). The van der Waals surface area contributed by atoms with E-state index in [2.05, 4.69) is 15.3 Å². The fourth-order valence-electron chi connectivity index (χ4n) is 1.96. The van der Waals surface area contributed by atoms with Crippen molar-refractivity contribution in [1.29, 1.82) is 0 Å². The van der Waals surface area contributed by atoms with Gasteiger partial charge in [0.15, 0.2) is 5.65 Å². The molecule has 2 aromatic rings. The number of nitrogens with one attached hydrogen (secondary N) is 1. The molecular weight excluding hydrogens is 315 g/mol. The van der Waals surface area contributed by atoms with E-state index >= 15 is 0 Å². The summed E-state index contributed by atoms with van der Waals surface area (Å²) in [5, 5.41) is 2.90. The summed E-state index contributed by atoms with van der Waals surface area (Å²) in [7, 11) is 1.58. The van der Waals surface area contributed by atoms with Gasteiger partial charge in [-0.25, -0.2) is 9.97 Å². The molecule has 6 nitrogen and oxygen atoms in total. The summed E-state index contributed by atoms with van der Waals surface area (Å²) in [5.41, 5.74) is 1.21. The topological polar surface area (TPSA) is 69.0 Å². The lowest BCUT2D eigenvalue weighted by Crippen LogP contribution is -2.31. The number of halogens is 2. The van der Waals surface area contributed by atoms with Gasteiger partial charge in [-0.15, -0.1) is 11.6 Å². The number of rotatable bonds is 6. The Bertz CT molecular complexity index is 642. The van der Waals surface area contributed by atoms with Gasteiger partial charge < -0.3 is 14.6 Å². The Morgan fingerprint density at radius 1 is 1.57 bits per heavy atom. The number of carbonyl (C=O) groups is 1. The van der Waals surface area contributed by atoms with E-state index in [1.165, 1.54) is 6.20 Å². The quantitative estimate of drug-likeness (QED) is 0.650. The van der Waals surface area contributed by atoms with Crippen LogP contribution in [-0.2, 0) is 16.1 Å². The second-order valence-corrected chi connectivity index (χ2v) is 5.60. The fourth-order valence-corrected chi connectivity index (χ4v) is 2.27. The minimum Gasteiger partial charge on any atom is -0.383 e. The van der Waals surface area contributed by atoms with Crippen molar-refractivity contribution in [2.75, 3.05) is 20.3 Å². The number of aromatic nitrogens is 3. The molecule has 2 heterocycles. The molecule has 1 atom stereocenters. The number of carbonyl (C=O) groups excluding carboxylic acids is 1. The van der Waals surface area contributed by atoms with E-state index < -0.39 is 0 Å². The third kappa shape index (κ3) is 3.84. The number of hydrogen-bond acceptors (Lipinski definition) is 4. The van der Waals surface area contributed by atoms with Crippen LogP contribution in [0.25, 0.3) is 11.2 Å². The molecule has 0 aromatic carbocycles. The SMILES string of the molecule is COCCNC(=O)Cn1c(C(C)Cl)nc2cc(Cl)cnc21. The lowest BCUT2D eigenvalue weighted by molar-refractivity contribution is -0.121. The summed E-state index contributed by atoms with van der Waals surface area (Å²) >= 11 is 12.0. The first-order chi connectivity index (χ1) is 10.0. The van der Waals surface area contributed by atoms with Crippen molar-refractivity contribution in [3.8, 4) is 0 Å². The molecule has 0 bridgehead atoms. The zero-order valence-electron chi connectivity index (χ0n) is 11.8. The monoisotopic (exact) mass is 330 g/mol. The van der Waals surface area contributed by atoms with Crippen LogP contribution in [0.5, 0.6) is 0 Å². The van der Waals surface area contributed by atoms with Crippen LogP contribution in [0.1, 0.15) is 18.1 Å². The van der Waals surface area contributed by atoms with E-state index in [-0.39, 0.29) is 17.8 Å². The van der Waals surface area contributed by atoms with Crippen LogP contribution in [-0.4, -0.2) is 40.7 Å². The Morgan fingerprint density at radius 2 is 2.33 bits per heavy atom. The van der Waals surface area contributed by atoms with Crippen molar-refractivity contribution in [3.63, 3.8) is 0 Å². The van der Waals surface area contributed by atoms with Crippen LogP contribution in [0, 0.1) is 0 Å². The van der Waals surface area contributed by atoms with Gasteiger partial charge >= 0.3 is 0 Å². The number of imidazole rings is 1. The van der Waals surface area contributed by atoms with Crippen LogP contribution in [0.2, 0.25) is 5.02 Å². The van der Waals surface area contributed by atoms with Crippen molar-refractivity contribution in [3.05, 3.63) is 23.1 Å². The molecule has 0 saturated heterocycles. The highest BCUT2D eigenvalue weighted by Gasteiger charge is 2.18. The average molecular weight is 331 g/mol. The third-order valence-electron chi connectivity index (χ3n) is 2.87. The van der Waals surface area contributed by atoms with Gasteiger partial charge in [-0.1, -0.05) is 11.6 Å². The summed E-state index contributed by atoms with van der Waals surface area (Å²) in [6.07, 6.45) is 1.52. The Morgan fingerprint density at radius 3 is 3.00 bits per heavy atom. The summed E-state index contributed by atoms with van der Waals surface area (Å²) in [5.74, 6) is 0.435. The van der Waals surface area contributed by atoms with Crippen LogP contribution in [0.3, 0.4) is 0 Å². The van der Waals surface area contributed by atoms with Crippen molar-refractivity contribution >= 4 is 40.3 Å². The molecule has 1 N–H and O–H groups in total. The highest BCUT2D eigenvalue weighted by Crippen LogP contribution is 2.24. The maximum atomic E-state index is 12.0. The van der Waals surface area contributed by atoms with Crippen molar-refractivity contribution in [2.24, 2.45) is 0 Å². The molecule has 1 amide bonds. The van der Waals surface area contributed by atoms with Crippen LogP contribution < -0.4 is 5.32 Å². The molecule has 0 fully saturated rings. The molecule has 1 unspecified atom stereocenters. The van der Waals surface area contributed by atoms with E-state index in [0.29, 0.717) is 35.2 Å². The number of hydrogen-bond donors (Lipinski definition) is 1. The number of methoxy groups -OCH3 is 1. The smallest absolute Gasteiger partial charge is 0.240 e. The normalized spacial score (nSPS) is 12.6. The maximum Gasteiger partial charge on any atom is 0.240 e. The molecule has 114 valence electrons. The molecule has 2 rings (SSSR count). The largest absolute Gasteiger partial charge is 0.383 e. The summed E-state index contributed by atoms with van der Waals surface area (Å²) in [4.78, 5) is 20.6. The Balaban J connectivity index is 2.28. The minimum absolute atomic E-state index is 0.0985.